The lowest BCUT2D eigenvalue weighted by Crippen LogP contribution is -2.33. The van der Waals surface area contributed by atoms with Gasteiger partial charge in [-0.05, 0) is 121 Å². The average Bonchev–Trinajstić information content (AvgIpc) is 3.13. The normalized spacial score (nSPS) is 15.9. The smallest absolute Gasteiger partial charge is 0.420 e. The highest BCUT2D eigenvalue weighted by molar-refractivity contribution is 9.10. The Kier molecular flexibility index (Phi) is 13.1. The summed E-state index contributed by atoms with van der Waals surface area (Å²) in [5.74, 6) is -1.64. The minimum absolute atomic E-state index is 0.0892. The molecule has 2 amide bonds. The molecule has 0 aromatic heterocycles. The molecular formula is C40H41BrF3N3O4. The van der Waals surface area contributed by atoms with E-state index in [1.165, 1.54) is 12.1 Å². The number of alkyl halides is 3. The molecule has 0 bridgehead atoms. The molecule has 3 N–H and O–H groups in total. The molecule has 5 rings (SSSR count). The maximum atomic E-state index is 13.7. The molecule has 4 aromatic rings. The Morgan fingerprint density at radius 2 is 1.43 bits per heavy atom. The molecule has 0 radical (unpaired) electrons. The summed E-state index contributed by atoms with van der Waals surface area (Å²) in [7, 11) is 0. The van der Waals surface area contributed by atoms with E-state index in [9.17, 15) is 27.6 Å². The Labute approximate surface area is 304 Å². The van der Waals surface area contributed by atoms with Gasteiger partial charge in [-0.25, -0.2) is 4.79 Å². The molecule has 1 aliphatic rings. The van der Waals surface area contributed by atoms with E-state index in [1.807, 2.05) is 72.8 Å². The van der Waals surface area contributed by atoms with Gasteiger partial charge in [-0.1, -0.05) is 70.5 Å². The minimum atomic E-state index is -5.09. The summed E-state index contributed by atoms with van der Waals surface area (Å²) in [6, 6.07) is 28.7. The van der Waals surface area contributed by atoms with Crippen molar-refractivity contribution >= 4 is 33.7 Å². The zero-order chi connectivity index (χ0) is 36.4. The molecule has 1 fully saturated rings. The van der Waals surface area contributed by atoms with E-state index in [0.29, 0.717) is 43.5 Å². The van der Waals surface area contributed by atoms with E-state index in [4.69, 9.17) is 5.73 Å². The van der Waals surface area contributed by atoms with Gasteiger partial charge in [-0.2, -0.15) is 13.2 Å². The highest BCUT2D eigenvalue weighted by Gasteiger charge is 2.41. The van der Waals surface area contributed by atoms with Crippen molar-refractivity contribution < 1.29 is 32.3 Å². The number of esters is 1. The van der Waals surface area contributed by atoms with Crippen LogP contribution in [0.4, 0.5) is 13.2 Å². The van der Waals surface area contributed by atoms with E-state index in [-0.39, 0.29) is 24.0 Å². The quantitative estimate of drug-likeness (QED) is 0.107. The number of ether oxygens (including phenoxy) is 1. The van der Waals surface area contributed by atoms with Crippen molar-refractivity contribution in [2.75, 3.05) is 19.6 Å². The van der Waals surface area contributed by atoms with Gasteiger partial charge in [0.05, 0.1) is 6.42 Å². The Hall–Kier alpha value is -4.48. The zero-order valence-electron chi connectivity index (χ0n) is 28.1. The first-order valence-electron chi connectivity index (χ1n) is 17.0. The summed E-state index contributed by atoms with van der Waals surface area (Å²) in [6.45, 7) is 2.03. The number of halogens is 4. The largest absolute Gasteiger partial charge is 0.491 e. The van der Waals surface area contributed by atoms with Gasteiger partial charge in [0.1, 0.15) is 5.75 Å². The molecule has 0 aliphatic heterocycles. The monoisotopic (exact) mass is 763 g/mol. The summed E-state index contributed by atoms with van der Waals surface area (Å²) < 4.78 is 43.1. The van der Waals surface area contributed by atoms with E-state index in [0.717, 1.165) is 64.5 Å². The number of nitrogens with two attached hydrogens (primary N) is 1. The van der Waals surface area contributed by atoms with Gasteiger partial charge >= 0.3 is 12.1 Å². The van der Waals surface area contributed by atoms with Gasteiger partial charge in [0.2, 0.25) is 5.91 Å². The number of amides is 2. The maximum Gasteiger partial charge on any atom is 0.491 e. The number of carbonyl (C=O) groups is 3. The van der Waals surface area contributed by atoms with E-state index >= 15 is 0 Å². The molecule has 7 nitrogen and oxygen atoms in total. The molecule has 0 saturated heterocycles. The first kappa shape index (κ1) is 37.8. The van der Waals surface area contributed by atoms with Crippen molar-refractivity contribution in [2.24, 2.45) is 17.6 Å². The first-order chi connectivity index (χ1) is 24.5. The lowest BCUT2D eigenvalue weighted by atomic mass is 9.82. The Morgan fingerprint density at radius 3 is 2.10 bits per heavy atom. The van der Waals surface area contributed by atoms with Gasteiger partial charge in [0, 0.05) is 29.7 Å². The SMILES string of the molecule is NCC1CCC(CNC(=O)c2cccc(-c3cccc(CN(CCc4ccc(OC(=O)C(F)(F)F)cc4)C(=O)Cc4ccc(Br)cc4)c3)c2)CC1. The van der Waals surface area contributed by atoms with Crippen molar-refractivity contribution in [3.05, 3.63) is 124 Å². The molecular weight excluding hydrogens is 723 g/mol. The van der Waals surface area contributed by atoms with Crippen molar-refractivity contribution in [2.45, 2.75) is 51.2 Å². The van der Waals surface area contributed by atoms with Gasteiger partial charge in [-0.3, -0.25) is 9.59 Å². The molecule has 0 atom stereocenters. The van der Waals surface area contributed by atoms with Crippen LogP contribution in [0, 0.1) is 11.8 Å². The Bertz CT molecular complexity index is 1790. The molecule has 0 heterocycles. The highest BCUT2D eigenvalue weighted by atomic mass is 79.9. The minimum Gasteiger partial charge on any atom is -0.420 e. The molecule has 4 aromatic carbocycles. The molecule has 51 heavy (non-hydrogen) atoms. The topological polar surface area (TPSA) is 102 Å². The summed E-state index contributed by atoms with van der Waals surface area (Å²) in [5.41, 5.74) is 10.7. The average molecular weight is 765 g/mol. The standard InChI is InChI=1S/C40H41BrF3N3O4/c41-35-15-11-28(12-16-35)22-37(48)47(20-19-27-13-17-36(18-14-27)51-39(50)40(42,43)44)26-31-3-1-4-32(21-31)33-5-2-6-34(23-33)38(49)46-25-30-9-7-29(24-45)8-10-30/h1-6,11-18,21,23,29-30H,7-10,19-20,22,24-26,45H2,(H,46,49). The van der Waals surface area contributed by atoms with Crippen molar-refractivity contribution in [1.82, 2.24) is 10.2 Å². The number of hydrogen-bond acceptors (Lipinski definition) is 5. The lowest BCUT2D eigenvalue weighted by molar-refractivity contribution is -0.189. The fourth-order valence-corrected chi connectivity index (χ4v) is 6.52. The van der Waals surface area contributed by atoms with Gasteiger partial charge in [0.25, 0.3) is 5.91 Å². The van der Waals surface area contributed by atoms with Gasteiger partial charge in [-0.15, -0.1) is 0 Å². The second-order valence-corrected chi connectivity index (χ2v) is 13.9. The van der Waals surface area contributed by atoms with Crippen molar-refractivity contribution in [1.29, 1.82) is 0 Å². The van der Waals surface area contributed by atoms with Crippen molar-refractivity contribution in [3.63, 3.8) is 0 Å². The number of nitrogens with one attached hydrogen (secondary N) is 1. The van der Waals surface area contributed by atoms with Crippen LogP contribution in [0.5, 0.6) is 5.75 Å². The molecule has 1 aliphatic carbocycles. The third-order valence-corrected chi connectivity index (χ3v) is 9.80. The summed E-state index contributed by atoms with van der Waals surface area (Å²) in [4.78, 5) is 39.7. The van der Waals surface area contributed by atoms with E-state index in [2.05, 4.69) is 26.0 Å². The van der Waals surface area contributed by atoms with Crippen LogP contribution in [-0.4, -0.2) is 48.5 Å². The number of rotatable bonds is 13. The second kappa shape index (κ2) is 17.6. The number of hydrogen-bond donors (Lipinski definition) is 2. The van der Waals surface area contributed by atoms with Crippen LogP contribution in [-0.2, 0) is 29.0 Å². The van der Waals surface area contributed by atoms with Gasteiger partial charge in [0.15, 0.2) is 0 Å². The molecule has 1 saturated carbocycles. The van der Waals surface area contributed by atoms with Crippen LogP contribution >= 0.6 is 15.9 Å². The van der Waals surface area contributed by atoms with Crippen LogP contribution < -0.4 is 15.8 Å². The molecule has 11 heteroatoms. The first-order valence-corrected chi connectivity index (χ1v) is 17.8. The summed E-state index contributed by atoms with van der Waals surface area (Å²) >= 11 is 3.43. The van der Waals surface area contributed by atoms with Crippen LogP contribution in [0.2, 0.25) is 0 Å². The Morgan fingerprint density at radius 1 is 0.804 bits per heavy atom. The van der Waals surface area contributed by atoms with E-state index < -0.39 is 12.1 Å². The second-order valence-electron chi connectivity index (χ2n) is 13.0. The lowest BCUT2D eigenvalue weighted by Gasteiger charge is -2.27. The van der Waals surface area contributed by atoms with Gasteiger partial charge < -0.3 is 20.7 Å². The maximum absolute atomic E-state index is 13.7. The van der Waals surface area contributed by atoms with Crippen LogP contribution in [0.25, 0.3) is 11.1 Å². The van der Waals surface area contributed by atoms with Crippen molar-refractivity contribution in [3.8, 4) is 16.9 Å². The summed E-state index contributed by atoms with van der Waals surface area (Å²) in [6.07, 6.45) is -0.117. The molecule has 268 valence electrons. The van der Waals surface area contributed by atoms with Crippen LogP contribution in [0.15, 0.2) is 102 Å². The third-order valence-electron chi connectivity index (χ3n) is 9.27. The number of nitrogens with zero attached hydrogens (tertiary/aromatic N) is 1. The fourth-order valence-electron chi connectivity index (χ4n) is 6.25. The predicted molar refractivity (Wildman–Crippen MR) is 194 cm³/mol. The van der Waals surface area contributed by atoms with Crippen LogP contribution in [0.1, 0.15) is 52.7 Å². The highest BCUT2D eigenvalue weighted by Crippen LogP contribution is 2.28. The number of benzene rings is 4. The Balaban J connectivity index is 1.26. The third kappa shape index (κ3) is 11.3. The fraction of sp³-hybridized carbons (Fsp3) is 0.325. The summed E-state index contributed by atoms with van der Waals surface area (Å²) in [5, 5.41) is 3.11. The van der Waals surface area contributed by atoms with E-state index in [1.54, 1.807) is 17.0 Å². The molecule has 0 unspecified atom stereocenters. The predicted octanol–water partition coefficient (Wildman–Crippen LogP) is 7.89. The van der Waals surface area contributed by atoms with Crippen LogP contribution in [0.3, 0.4) is 0 Å². The zero-order valence-corrected chi connectivity index (χ0v) is 29.7. The number of carbonyl (C=O) groups excluding carboxylic acids is 3. The molecule has 0 spiro atoms.